The Balaban J connectivity index is 1.38. The quantitative estimate of drug-likeness (QED) is 0.240. The van der Waals surface area contributed by atoms with Gasteiger partial charge in [-0.3, -0.25) is 9.59 Å². The van der Waals surface area contributed by atoms with Crippen LogP contribution in [0.1, 0.15) is 50.0 Å². The number of ether oxygens (including phenoxy) is 1. The average Bonchev–Trinajstić information content (AvgIpc) is 3.24. The van der Waals surface area contributed by atoms with Crippen LogP contribution in [0.4, 0.5) is 0 Å². The van der Waals surface area contributed by atoms with Gasteiger partial charge in [0.2, 0.25) is 5.76 Å². The molecule has 5 aromatic rings. The lowest BCUT2D eigenvalue weighted by atomic mass is 9.97. The minimum Gasteiger partial charge on any atom is -0.489 e. The van der Waals surface area contributed by atoms with Crippen molar-refractivity contribution in [1.82, 2.24) is 4.90 Å². The lowest BCUT2D eigenvalue weighted by molar-refractivity contribution is 0.0730. The van der Waals surface area contributed by atoms with Gasteiger partial charge in [0.15, 0.2) is 5.43 Å². The van der Waals surface area contributed by atoms with Gasteiger partial charge >= 0.3 is 0 Å². The van der Waals surface area contributed by atoms with Crippen LogP contribution >= 0.6 is 0 Å². The number of carbonyl (C=O) groups is 1. The number of hydrogen-bond acceptors (Lipinski definition) is 4. The molecule has 1 aliphatic rings. The van der Waals surface area contributed by atoms with Crippen molar-refractivity contribution < 1.29 is 13.9 Å². The predicted octanol–water partition coefficient (Wildman–Crippen LogP) is 6.78. The minimum atomic E-state index is -0.540. The van der Waals surface area contributed by atoms with Gasteiger partial charge < -0.3 is 14.1 Å². The third-order valence-corrected chi connectivity index (χ3v) is 7.51. The summed E-state index contributed by atoms with van der Waals surface area (Å²) in [6.07, 6.45) is 0.668. The third kappa shape index (κ3) is 4.72. The molecule has 0 bridgehead atoms. The maximum Gasteiger partial charge on any atom is 0.290 e. The Hall–Kier alpha value is -4.64. The van der Waals surface area contributed by atoms with Crippen molar-refractivity contribution in [3.8, 4) is 5.75 Å². The molecule has 0 aliphatic carbocycles. The zero-order valence-electron chi connectivity index (χ0n) is 22.0. The normalized spacial score (nSPS) is 14.6. The van der Waals surface area contributed by atoms with E-state index in [9.17, 15) is 9.59 Å². The first-order valence-corrected chi connectivity index (χ1v) is 13.2. The van der Waals surface area contributed by atoms with Crippen molar-refractivity contribution in [2.45, 2.75) is 32.9 Å². The molecule has 0 saturated heterocycles. The van der Waals surface area contributed by atoms with E-state index in [0.29, 0.717) is 36.1 Å². The topological polar surface area (TPSA) is 59.8 Å². The summed E-state index contributed by atoms with van der Waals surface area (Å²) in [7, 11) is 0. The zero-order valence-corrected chi connectivity index (χ0v) is 22.0. The van der Waals surface area contributed by atoms with Crippen molar-refractivity contribution in [2.75, 3.05) is 6.54 Å². The summed E-state index contributed by atoms with van der Waals surface area (Å²) in [4.78, 5) is 29.4. The van der Waals surface area contributed by atoms with Crippen molar-refractivity contribution in [3.63, 3.8) is 0 Å². The predicted molar refractivity (Wildman–Crippen MR) is 152 cm³/mol. The molecule has 0 radical (unpaired) electrons. The second-order valence-corrected chi connectivity index (χ2v) is 10.1. The Morgan fingerprint density at radius 2 is 1.44 bits per heavy atom. The van der Waals surface area contributed by atoms with E-state index in [1.54, 1.807) is 4.90 Å². The molecule has 1 amide bonds. The molecule has 1 aromatic heterocycles. The first-order chi connectivity index (χ1) is 19.0. The lowest BCUT2D eigenvalue weighted by Gasteiger charge is -2.25. The maximum atomic E-state index is 13.9. The van der Waals surface area contributed by atoms with E-state index in [-0.39, 0.29) is 17.1 Å². The first-order valence-electron chi connectivity index (χ1n) is 13.2. The van der Waals surface area contributed by atoms with Gasteiger partial charge in [0.1, 0.15) is 17.9 Å². The number of nitrogens with zero attached hydrogens (tertiary/aromatic N) is 1. The molecule has 39 heavy (non-hydrogen) atoms. The van der Waals surface area contributed by atoms with Gasteiger partial charge in [-0.2, -0.15) is 0 Å². The molecule has 1 unspecified atom stereocenters. The maximum absolute atomic E-state index is 13.9. The van der Waals surface area contributed by atoms with E-state index in [2.05, 4.69) is 0 Å². The fraction of sp³-hybridized carbons (Fsp3) is 0.176. The van der Waals surface area contributed by atoms with E-state index >= 15 is 0 Å². The van der Waals surface area contributed by atoms with Gasteiger partial charge in [-0.15, -0.1) is 0 Å². The summed E-state index contributed by atoms with van der Waals surface area (Å²) >= 11 is 0. The van der Waals surface area contributed by atoms with Crippen LogP contribution in [0.5, 0.6) is 5.75 Å². The summed E-state index contributed by atoms with van der Waals surface area (Å²) in [6, 6.07) is 30.9. The highest BCUT2D eigenvalue weighted by atomic mass is 16.5. The summed E-state index contributed by atoms with van der Waals surface area (Å²) in [5.41, 5.74) is 5.78. The standard InChI is InChI=1S/C34H29NO4/c1-22-19-28-29(20-23(22)2)39-33-30(32(28)36)31(35(34(33)37)18-17-24-9-5-3-6-10-24)26-13-15-27(16-14-26)38-21-25-11-7-4-8-12-25/h3-16,19-20,31H,17-18,21H2,1-2H3. The molecule has 0 N–H and O–H groups in total. The van der Waals surface area contributed by atoms with Crippen LogP contribution in [0.2, 0.25) is 0 Å². The van der Waals surface area contributed by atoms with Crippen LogP contribution in [0, 0.1) is 13.8 Å². The number of hydrogen-bond donors (Lipinski definition) is 0. The lowest BCUT2D eigenvalue weighted by Crippen LogP contribution is -2.31. The molecule has 194 valence electrons. The fourth-order valence-electron chi connectivity index (χ4n) is 5.23. The highest BCUT2D eigenvalue weighted by Crippen LogP contribution is 2.39. The second kappa shape index (κ2) is 10.3. The molecule has 1 aliphatic heterocycles. The van der Waals surface area contributed by atoms with Crippen LogP contribution < -0.4 is 10.2 Å². The van der Waals surface area contributed by atoms with Crippen LogP contribution in [-0.4, -0.2) is 17.4 Å². The van der Waals surface area contributed by atoms with Crippen molar-refractivity contribution in [3.05, 3.63) is 146 Å². The van der Waals surface area contributed by atoms with Gasteiger partial charge in [-0.1, -0.05) is 72.8 Å². The van der Waals surface area contributed by atoms with Gasteiger partial charge in [0.25, 0.3) is 5.91 Å². The summed E-state index contributed by atoms with van der Waals surface area (Å²) in [5.74, 6) is 0.602. The summed E-state index contributed by atoms with van der Waals surface area (Å²) < 4.78 is 12.1. The highest BCUT2D eigenvalue weighted by Gasteiger charge is 2.42. The van der Waals surface area contributed by atoms with Crippen LogP contribution in [0.3, 0.4) is 0 Å². The number of rotatable bonds is 7. The molecule has 0 fully saturated rings. The van der Waals surface area contributed by atoms with Crippen molar-refractivity contribution >= 4 is 16.9 Å². The second-order valence-electron chi connectivity index (χ2n) is 10.1. The molecule has 6 rings (SSSR count). The number of aryl methyl sites for hydroxylation is 2. The summed E-state index contributed by atoms with van der Waals surface area (Å²) in [5, 5.41) is 0.502. The van der Waals surface area contributed by atoms with Gasteiger partial charge in [0, 0.05) is 6.54 Å². The Morgan fingerprint density at radius 1 is 0.795 bits per heavy atom. The minimum absolute atomic E-state index is 0.137. The first kappa shape index (κ1) is 24.7. The Kier molecular flexibility index (Phi) is 6.49. The number of amides is 1. The van der Waals surface area contributed by atoms with Crippen molar-refractivity contribution in [2.24, 2.45) is 0 Å². The Labute approximate surface area is 227 Å². The Morgan fingerprint density at radius 3 is 2.13 bits per heavy atom. The van der Waals surface area contributed by atoms with E-state index in [4.69, 9.17) is 9.15 Å². The summed E-state index contributed by atoms with van der Waals surface area (Å²) in [6.45, 7) is 4.87. The zero-order chi connectivity index (χ0) is 26.9. The molecule has 0 saturated carbocycles. The van der Waals surface area contributed by atoms with Gasteiger partial charge in [0.05, 0.1) is 17.0 Å². The van der Waals surface area contributed by atoms with E-state index in [1.807, 2.05) is 111 Å². The van der Waals surface area contributed by atoms with E-state index in [1.165, 1.54) is 0 Å². The molecular weight excluding hydrogens is 486 g/mol. The molecule has 4 aromatic carbocycles. The SMILES string of the molecule is Cc1cc2oc3c(c(=O)c2cc1C)C(c1ccc(OCc2ccccc2)cc1)N(CCc1ccccc1)C3=O. The fourth-order valence-corrected chi connectivity index (χ4v) is 5.23. The van der Waals surface area contributed by atoms with Crippen LogP contribution in [0.15, 0.2) is 106 Å². The molecular formula is C34H29NO4. The van der Waals surface area contributed by atoms with Crippen molar-refractivity contribution in [1.29, 1.82) is 0 Å². The largest absolute Gasteiger partial charge is 0.489 e. The Bertz CT molecular complexity index is 1710. The number of benzene rings is 4. The third-order valence-electron chi connectivity index (χ3n) is 7.51. The number of fused-ring (bicyclic) bond motifs is 2. The van der Waals surface area contributed by atoms with Gasteiger partial charge in [-0.05, 0) is 72.4 Å². The smallest absolute Gasteiger partial charge is 0.290 e. The van der Waals surface area contributed by atoms with E-state index < -0.39 is 6.04 Å². The van der Waals surface area contributed by atoms with Gasteiger partial charge in [-0.25, -0.2) is 0 Å². The van der Waals surface area contributed by atoms with E-state index in [0.717, 1.165) is 33.6 Å². The average molecular weight is 516 g/mol. The van der Waals surface area contributed by atoms with Crippen LogP contribution in [-0.2, 0) is 13.0 Å². The molecule has 0 spiro atoms. The number of carbonyl (C=O) groups excluding carboxylic acids is 1. The highest BCUT2D eigenvalue weighted by molar-refractivity contribution is 5.99. The molecule has 2 heterocycles. The molecule has 1 atom stereocenters. The monoisotopic (exact) mass is 515 g/mol. The molecule has 5 nitrogen and oxygen atoms in total. The molecule has 5 heteroatoms. The van der Waals surface area contributed by atoms with Crippen LogP contribution in [0.25, 0.3) is 11.0 Å².